The Bertz CT molecular complexity index is 696. The zero-order valence-corrected chi connectivity index (χ0v) is 12.1. The molecule has 0 radical (unpaired) electrons. The highest BCUT2D eigenvalue weighted by atomic mass is 32.1. The maximum absolute atomic E-state index is 12.0. The van der Waals surface area contributed by atoms with Crippen LogP contribution in [0.25, 0.3) is 0 Å². The standard InChI is InChI=1S/C13H13N3O4S/c1-7(16-19)9-6-21-13(14-9)15-12(18)8-3-4-11(20-2)10(17)5-8/h3-6,17,19H,1-2H3,(H,14,15,18). The Balaban J connectivity index is 2.14. The van der Waals surface area contributed by atoms with Gasteiger partial charge in [-0.25, -0.2) is 4.98 Å². The fourth-order valence-electron chi connectivity index (χ4n) is 1.55. The highest BCUT2D eigenvalue weighted by molar-refractivity contribution is 7.14. The molecule has 7 nitrogen and oxygen atoms in total. The lowest BCUT2D eigenvalue weighted by atomic mass is 10.2. The van der Waals surface area contributed by atoms with E-state index in [-0.39, 0.29) is 17.1 Å². The molecule has 21 heavy (non-hydrogen) atoms. The van der Waals surface area contributed by atoms with Crippen molar-refractivity contribution in [2.45, 2.75) is 6.92 Å². The normalized spacial score (nSPS) is 11.2. The SMILES string of the molecule is COc1ccc(C(=O)Nc2nc(C(C)=NO)cs2)cc1O. The van der Waals surface area contributed by atoms with Crippen molar-refractivity contribution in [2.24, 2.45) is 5.16 Å². The number of nitrogens with one attached hydrogen (secondary N) is 1. The van der Waals surface area contributed by atoms with Gasteiger partial charge in [-0.3, -0.25) is 10.1 Å². The van der Waals surface area contributed by atoms with E-state index in [9.17, 15) is 9.90 Å². The molecule has 0 fully saturated rings. The fourth-order valence-corrected chi connectivity index (χ4v) is 2.30. The van der Waals surface area contributed by atoms with Gasteiger partial charge in [-0.15, -0.1) is 11.3 Å². The molecule has 0 bridgehead atoms. The smallest absolute Gasteiger partial charge is 0.257 e. The Kier molecular flexibility index (Phi) is 4.39. The third-order valence-corrected chi connectivity index (χ3v) is 3.44. The van der Waals surface area contributed by atoms with Gasteiger partial charge in [-0.1, -0.05) is 5.16 Å². The lowest BCUT2D eigenvalue weighted by molar-refractivity contribution is 0.102. The maximum atomic E-state index is 12.0. The molecule has 0 saturated heterocycles. The Morgan fingerprint density at radius 1 is 1.48 bits per heavy atom. The number of hydrogen-bond acceptors (Lipinski definition) is 7. The Hall–Kier alpha value is -2.61. The Labute approximate surface area is 124 Å². The third kappa shape index (κ3) is 3.29. The number of rotatable bonds is 4. The third-order valence-electron chi connectivity index (χ3n) is 2.69. The predicted molar refractivity (Wildman–Crippen MR) is 78.7 cm³/mol. The number of thiazole rings is 1. The summed E-state index contributed by atoms with van der Waals surface area (Å²) in [5.41, 5.74) is 1.11. The summed E-state index contributed by atoms with van der Waals surface area (Å²) in [4.78, 5) is 16.1. The van der Waals surface area contributed by atoms with Gasteiger partial charge >= 0.3 is 0 Å². The van der Waals surface area contributed by atoms with Crippen LogP contribution in [0.2, 0.25) is 0 Å². The van der Waals surface area contributed by atoms with E-state index in [1.807, 2.05) is 0 Å². The summed E-state index contributed by atoms with van der Waals surface area (Å²) in [7, 11) is 1.43. The van der Waals surface area contributed by atoms with E-state index in [1.54, 1.807) is 12.3 Å². The van der Waals surface area contributed by atoms with Gasteiger partial charge in [-0.2, -0.15) is 0 Å². The average molecular weight is 307 g/mol. The number of phenolic OH excluding ortho intramolecular Hbond substituents is 1. The summed E-state index contributed by atoms with van der Waals surface area (Å²) in [6, 6.07) is 4.34. The fraction of sp³-hybridized carbons (Fsp3) is 0.154. The molecule has 0 aliphatic carbocycles. The Morgan fingerprint density at radius 3 is 2.86 bits per heavy atom. The van der Waals surface area contributed by atoms with Gasteiger partial charge in [-0.05, 0) is 25.1 Å². The first-order valence-corrected chi connectivity index (χ1v) is 6.76. The van der Waals surface area contributed by atoms with E-state index in [0.717, 1.165) is 0 Å². The number of carbonyl (C=O) groups excluding carboxylic acids is 1. The van der Waals surface area contributed by atoms with E-state index in [0.29, 0.717) is 16.5 Å². The molecule has 0 aliphatic heterocycles. The first-order chi connectivity index (χ1) is 10.0. The van der Waals surface area contributed by atoms with Gasteiger partial charge in [0.15, 0.2) is 16.6 Å². The van der Waals surface area contributed by atoms with Crippen LogP contribution in [0.5, 0.6) is 11.5 Å². The van der Waals surface area contributed by atoms with Crippen molar-refractivity contribution < 1.29 is 19.8 Å². The van der Waals surface area contributed by atoms with Crippen LogP contribution in [0.3, 0.4) is 0 Å². The first kappa shape index (κ1) is 14.8. The van der Waals surface area contributed by atoms with E-state index in [4.69, 9.17) is 9.94 Å². The number of aromatic nitrogens is 1. The van der Waals surface area contributed by atoms with Crippen LogP contribution in [0, 0.1) is 0 Å². The Morgan fingerprint density at radius 2 is 2.24 bits per heavy atom. The molecule has 1 heterocycles. The van der Waals surface area contributed by atoms with Crippen molar-refractivity contribution in [1.82, 2.24) is 4.98 Å². The van der Waals surface area contributed by atoms with Crippen LogP contribution < -0.4 is 10.1 Å². The number of anilines is 1. The maximum Gasteiger partial charge on any atom is 0.257 e. The quantitative estimate of drug-likeness (QED) is 0.457. The summed E-state index contributed by atoms with van der Waals surface area (Å²) in [5, 5.41) is 26.0. The zero-order valence-electron chi connectivity index (χ0n) is 11.3. The van der Waals surface area contributed by atoms with Crippen molar-refractivity contribution in [3.05, 3.63) is 34.8 Å². The summed E-state index contributed by atoms with van der Waals surface area (Å²) in [5.74, 6) is -0.237. The van der Waals surface area contributed by atoms with Gasteiger partial charge < -0.3 is 15.1 Å². The van der Waals surface area contributed by atoms with Crippen LogP contribution in [0.4, 0.5) is 5.13 Å². The number of hydrogen-bond donors (Lipinski definition) is 3. The minimum absolute atomic E-state index is 0.117. The molecule has 2 rings (SSSR count). The highest BCUT2D eigenvalue weighted by Gasteiger charge is 2.12. The number of methoxy groups -OCH3 is 1. The van der Waals surface area contributed by atoms with Crippen LogP contribution in [0.15, 0.2) is 28.7 Å². The second kappa shape index (κ2) is 6.23. The molecule has 0 saturated carbocycles. The van der Waals surface area contributed by atoms with Gasteiger partial charge in [0.05, 0.1) is 7.11 Å². The number of phenols is 1. The molecule has 110 valence electrons. The molecule has 1 aromatic carbocycles. The molecule has 1 aromatic heterocycles. The number of nitrogens with zero attached hydrogens (tertiary/aromatic N) is 2. The van der Waals surface area contributed by atoms with Crippen LogP contribution >= 0.6 is 11.3 Å². The second-order valence-corrected chi connectivity index (χ2v) is 4.92. The average Bonchev–Trinajstić information content (AvgIpc) is 2.94. The summed E-state index contributed by atoms with van der Waals surface area (Å²) in [6.07, 6.45) is 0. The van der Waals surface area contributed by atoms with Crippen LogP contribution in [-0.4, -0.2) is 34.0 Å². The molecule has 2 aromatic rings. The molecular formula is C13H13N3O4S. The molecular weight excluding hydrogens is 294 g/mol. The number of ether oxygens (including phenoxy) is 1. The summed E-state index contributed by atoms with van der Waals surface area (Å²) in [6.45, 7) is 1.60. The van der Waals surface area contributed by atoms with Gasteiger partial charge in [0.25, 0.3) is 5.91 Å². The van der Waals surface area contributed by atoms with Gasteiger partial charge in [0.1, 0.15) is 11.4 Å². The molecule has 0 atom stereocenters. The summed E-state index contributed by atoms with van der Waals surface area (Å²) < 4.78 is 4.91. The monoisotopic (exact) mass is 307 g/mol. The van der Waals surface area contributed by atoms with E-state index < -0.39 is 5.91 Å². The lowest BCUT2D eigenvalue weighted by Gasteiger charge is -2.05. The molecule has 0 aliphatic rings. The largest absolute Gasteiger partial charge is 0.504 e. The van der Waals surface area contributed by atoms with E-state index in [2.05, 4.69) is 15.5 Å². The van der Waals surface area contributed by atoms with Crippen molar-refractivity contribution in [3.8, 4) is 11.5 Å². The van der Waals surface area contributed by atoms with Crippen molar-refractivity contribution in [1.29, 1.82) is 0 Å². The zero-order chi connectivity index (χ0) is 15.4. The van der Waals surface area contributed by atoms with Crippen LogP contribution in [0.1, 0.15) is 23.0 Å². The number of aromatic hydroxyl groups is 1. The molecule has 3 N–H and O–H groups in total. The van der Waals surface area contributed by atoms with E-state index in [1.165, 1.54) is 36.6 Å². The molecule has 8 heteroatoms. The van der Waals surface area contributed by atoms with Crippen LogP contribution in [-0.2, 0) is 0 Å². The topological polar surface area (TPSA) is 104 Å². The molecule has 0 spiro atoms. The number of amides is 1. The first-order valence-electron chi connectivity index (χ1n) is 5.88. The number of benzene rings is 1. The highest BCUT2D eigenvalue weighted by Crippen LogP contribution is 2.26. The number of oxime groups is 1. The second-order valence-electron chi connectivity index (χ2n) is 4.06. The van der Waals surface area contributed by atoms with Crippen molar-refractivity contribution in [3.63, 3.8) is 0 Å². The minimum atomic E-state index is -0.410. The van der Waals surface area contributed by atoms with Gasteiger partial charge in [0, 0.05) is 10.9 Å². The molecule has 0 unspecified atom stereocenters. The minimum Gasteiger partial charge on any atom is -0.504 e. The predicted octanol–water partition coefficient (Wildman–Crippen LogP) is 2.31. The summed E-state index contributed by atoms with van der Waals surface area (Å²) >= 11 is 1.21. The molecule has 1 amide bonds. The van der Waals surface area contributed by atoms with Gasteiger partial charge in [0.2, 0.25) is 0 Å². The van der Waals surface area contributed by atoms with E-state index >= 15 is 0 Å². The number of carbonyl (C=O) groups is 1. The lowest BCUT2D eigenvalue weighted by Crippen LogP contribution is -2.12. The van der Waals surface area contributed by atoms with Crippen molar-refractivity contribution >= 4 is 28.1 Å². The van der Waals surface area contributed by atoms with Crippen molar-refractivity contribution in [2.75, 3.05) is 12.4 Å².